The molecular weight excluding hydrogens is 280 g/mol. The van der Waals surface area contributed by atoms with E-state index in [2.05, 4.69) is 27.1 Å². The maximum Gasteiger partial charge on any atom is 0.116 e. The highest BCUT2D eigenvalue weighted by Crippen LogP contribution is 2.20. The highest BCUT2D eigenvalue weighted by Gasteiger charge is 2.05. The maximum absolute atomic E-state index is 5.62. The van der Waals surface area contributed by atoms with Crippen molar-refractivity contribution in [2.75, 3.05) is 0 Å². The molecule has 0 aliphatic rings. The monoisotopic (exact) mass is 292 g/mol. The molecular formula is C16H12N4S. The van der Waals surface area contributed by atoms with Crippen LogP contribution < -0.4 is 0 Å². The molecule has 4 aromatic rings. The fourth-order valence-electron chi connectivity index (χ4n) is 2.48. The molecule has 0 aliphatic carbocycles. The van der Waals surface area contributed by atoms with Crippen LogP contribution in [0.15, 0.2) is 55.1 Å². The van der Waals surface area contributed by atoms with Gasteiger partial charge in [0.2, 0.25) is 0 Å². The van der Waals surface area contributed by atoms with Crippen LogP contribution in [0.1, 0.15) is 5.56 Å². The van der Waals surface area contributed by atoms with Crippen molar-refractivity contribution in [3.8, 4) is 0 Å². The second-order valence-corrected chi connectivity index (χ2v) is 5.34. The molecule has 4 nitrogen and oxygen atoms in total. The number of imidazole rings is 1. The molecule has 21 heavy (non-hydrogen) atoms. The SMILES string of the molecule is S=c1c2cc3[nH]cnc3cc2ncn1Cc1ccccc1. The molecule has 4 rings (SSSR count). The number of hydrogen-bond acceptors (Lipinski definition) is 3. The van der Waals surface area contributed by atoms with Gasteiger partial charge in [-0.2, -0.15) is 0 Å². The van der Waals surface area contributed by atoms with Gasteiger partial charge in [0.25, 0.3) is 0 Å². The lowest BCUT2D eigenvalue weighted by molar-refractivity contribution is 0.766. The van der Waals surface area contributed by atoms with Crippen molar-refractivity contribution in [1.29, 1.82) is 0 Å². The van der Waals surface area contributed by atoms with Crippen molar-refractivity contribution in [3.63, 3.8) is 0 Å². The Kier molecular flexibility index (Phi) is 2.79. The van der Waals surface area contributed by atoms with Crippen LogP contribution in [-0.4, -0.2) is 19.5 Å². The molecule has 5 heteroatoms. The lowest BCUT2D eigenvalue weighted by Crippen LogP contribution is -2.03. The van der Waals surface area contributed by atoms with Gasteiger partial charge in [-0.05, 0) is 17.7 Å². The fourth-order valence-corrected chi connectivity index (χ4v) is 2.76. The zero-order valence-electron chi connectivity index (χ0n) is 11.2. The third-order valence-corrected chi connectivity index (χ3v) is 4.02. The van der Waals surface area contributed by atoms with E-state index in [9.17, 15) is 0 Å². The van der Waals surface area contributed by atoms with E-state index in [0.717, 1.165) is 33.1 Å². The van der Waals surface area contributed by atoms with Crippen LogP contribution in [-0.2, 0) is 6.54 Å². The van der Waals surface area contributed by atoms with Gasteiger partial charge in [0, 0.05) is 11.9 Å². The van der Waals surface area contributed by atoms with E-state index in [0.29, 0.717) is 0 Å². The Morgan fingerprint density at radius 2 is 1.90 bits per heavy atom. The molecule has 0 fully saturated rings. The Bertz CT molecular complexity index is 985. The minimum Gasteiger partial charge on any atom is -0.345 e. The van der Waals surface area contributed by atoms with Gasteiger partial charge in [0.05, 0.1) is 29.2 Å². The van der Waals surface area contributed by atoms with Crippen molar-refractivity contribution in [2.24, 2.45) is 0 Å². The number of aromatic nitrogens is 4. The van der Waals surface area contributed by atoms with Gasteiger partial charge < -0.3 is 9.55 Å². The van der Waals surface area contributed by atoms with E-state index in [1.807, 2.05) is 34.9 Å². The number of nitrogens with one attached hydrogen (secondary N) is 1. The standard InChI is InChI=1S/C16H12N4S/c21-16-12-6-14-15(18-9-17-14)7-13(12)19-10-20(16)8-11-4-2-1-3-5-11/h1-7,9-10H,8H2,(H,17,18). The molecule has 1 N–H and O–H groups in total. The Morgan fingerprint density at radius 1 is 1.05 bits per heavy atom. The van der Waals surface area contributed by atoms with Gasteiger partial charge >= 0.3 is 0 Å². The third-order valence-electron chi connectivity index (χ3n) is 3.56. The van der Waals surface area contributed by atoms with Crippen molar-refractivity contribution in [3.05, 3.63) is 65.3 Å². The number of benzene rings is 2. The number of fused-ring (bicyclic) bond motifs is 2. The predicted molar refractivity (Wildman–Crippen MR) is 85.8 cm³/mol. The molecule has 2 aromatic carbocycles. The average Bonchev–Trinajstić information content (AvgIpc) is 2.97. The van der Waals surface area contributed by atoms with E-state index in [1.54, 1.807) is 12.7 Å². The van der Waals surface area contributed by atoms with Gasteiger partial charge in [-0.3, -0.25) is 0 Å². The van der Waals surface area contributed by atoms with Crippen molar-refractivity contribution < 1.29 is 0 Å². The lowest BCUT2D eigenvalue weighted by Gasteiger charge is -2.08. The van der Waals surface area contributed by atoms with Crippen LogP contribution in [0.5, 0.6) is 0 Å². The Hall–Kier alpha value is -2.53. The Morgan fingerprint density at radius 3 is 2.76 bits per heavy atom. The molecule has 2 heterocycles. The first kappa shape index (κ1) is 12.2. The number of nitrogens with zero attached hydrogens (tertiary/aromatic N) is 3. The smallest absolute Gasteiger partial charge is 0.116 e. The summed E-state index contributed by atoms with van der Waals surface area (Å²) in [7, 11) is 0. The first-order valence-corrected chi connectivity index (χ1v) is 7.08. The summed E-state index contributed by atoms with van der Waals surface area (Å²) in [5, 5.41) is 0.972. The summed E-state index contributed by atoms with van der Waals surface area (Å²) >= 11 is 5.62. The summed E-state index contributed by atoms with van der Waals surface area (Å²) in [6.07, 6.45) is 3.49. The third kappa shape index (κ3) is 2.11. The van der Waals surface area contributed by atoms with Gasteiger partial charge in [-0.1, -0.05) is 42.5 Å². The second-order valence-electron chi connectivity index (χ2n) is 4.95. The second kappa shape index (κ2) is 4.79. The van der Waals surface area contributed by atoms with Crippen LogP contribution in [0.25, 0.3) is 21.9 Å². The number of hydrogen-bond donors (Lipinski definition) is 1. The molecule has 0 radical (unpaired) electrons. The summed E-state index contributed by atoms with van der Waals surface area (Å²) in [5.74, 6) is 0. The zero-order valence-corrected chi connectivity index (χ0v) is 12.0. The van der Waals surface area contributed by atoms with E-state index in [1.165, 1.54) is 5.56 Å². The summed E-state index contributed by atoms with van der Waals surface area (Å²) in [5.41, 5.74) is 3.97. The summed E-state index contributed by atoms with van der Waals surface area (Å²) < 4.78 is 2.79. The van der Waals surface area contributed by atoms with Crippen molar-refractivity contribution in [1.82, 2.24) is 19.5 Å². The zero-order chi connectivity index (χ0) is 14.2. The van der Waals surface area contributed by atoms with Gasteiger partial charge in [-0.25, -0.2) is 9.97 Å². The molecule has 0 amide bonds. The highest BCUT2D eigenvalue weighted by molar-refractivity contribution is 7.71. The van der Waals surface area contributed by atoms with Crippen LogP contribution in [0.4, 0.5) is 0 Å². The van der Waals surface area contributed by atoms with E-state index in [4.69, 9.17) is 12.2 Å². The van der Waals surface area contributed by atoms with E-state index >= 15 is 0 Å². The minimum absolute atomic E-state index is 0.726. The van der Waals surface area contributed by atoms with Crippen LogP contribution in [0.2, 0.25) is 0 Å². The number of aromatic amines is 1. The Balaban J connectivity index is 1.89. The largest absolute Gasteiger partial charge is 0.345 e. The molecule has 0 saturated heterocycles. The lowest BCUT2D eigenvalue weighted by atomic mass is 10.2. The maximum atomic E-state index is 5.62. The normalized spacial score (nSPS) is 11.2. The van der Waals surface area contributed by atoms with Crippen molar-refractivity contribution >= 4 is 34.2 Å². The quantitative estimate of drug-likeness (QED) is 0.573. The molecule has 0 aliphatic heterocycles. The van der Waals surface area contributed by atoms with Gasteiger partial charge in [-0.15, -0.1) is 0 Å². The van der Waals surface area contributed by atoms with Gasteiger partial charge in [0.15, 0.2) is 0 Å². The molecule has 0 saturated carbocycles. The molecule has 2 aromatic heterocycles. The van der Waals surface area contributed by atoms with E-state index in [-0.39, 0.29) is 0 Å². The predicted octanol–water partition coefficient (Wildman–Crippen LogP) is 3.69. The fraction of sp³-hybridized carbons (Fsp3) is 0.0625. The molecule has 0 atom stereocenters. The Labute approximate surface area is 126 Å². The first-order chi connectivity index (χ1) is 10.3. The van der Waals surface area contributed by atoms with Crippen molar-refractivity contribution in [2.45, 2.75) is 6.54 Å². The molecule has 0 bridgehead atoms. The highest BCUT2D eigenvalue weighted by atomic mass is 32.1. The van der Waals surface area contributed by atoms with Crippen LogP contribution in [0.3, 0.4) is 0 Å². The summed E-state index contributed by atoms with van der Waals surface area (Å²) in [4.78, 5) is 11.9. The molecule has 102 valence electrons. The summed E-state index contributed by atoms with van der Waals surface area (Å²) in [6, 6.07) is 14.2. The molecule has 0 spiro atoms. The van der Waals surface area contributed by atoms with Gasteiger partial charge in [0.1, 0.15) is 4.64 Å². The molecule has 0 unspecified atom stereocenters. The number of H-pyrrole nitrogens is 1. The average molecular weight is 292 g/mol. The van der Waals surface area contributed by atoms with Crippen LogP contribution in [0, 0.1) is 4.64 Å². The topological polar surface area (TPSA) is 46.5 Å². The minimum atomic E-state index is 0.726. The van der Waals surface area contributed by atoms with Crippen LogP contribution >= 0.6 is 12.2 Å². The van der Waals surface area contributed by atoms with E-state index < -0.39 is 0 Å². The summed E-state index contributed by atoms with van der Waals surface area (Å²) in [6.45, 7) is 0.726. The number of rotatable bonds is 2. The first-order valence-electron chi connectivity index (χ1n) is 6.67.